The lowest BCUT2D eigenvalue weighted by molar-refractivity contribution is -0.117. The molecule has 0 aliphatic carbocycles. The highest BCUT2D eigenvalue weighted by Gasteiger charge is 2.19. The minimum absolute atomic E-state index is 0.0527. The summed E-state index contributed by atoms with van der Waals surface area (Å²) in [5.74, 6) is 0.728. The molecule has 0 unspecified atom stereocenters. The van der Waals surface area contributed by atoms with Crippen LogP contribution in [0.5, 0.6) is 5.75 Å². The van der Waals surface area contributed by atoms with Gasteiger partial charge >= 0.3 is 0 Å². The van der Waals surface area contributed by atoms with Crippen molar-refractivity contribution >= 4 is 17.4 Å². The van der Waals surface area contributed by atoms with E-state index >= 15 is 0 Å². The number of carbonyl (C=O) groups is 2. The van der Waals surface area contributed by atoms with Crippen molar-refractivity contribution in [2.24, 2.45) is 0 Å². The van der Waals surface area contributed by atoms with Crippen molar-refractivity contribution in [3.05, 3.63) is 59.7 Å². The van der Waals surface area contributed by atoms with Crippen molar-refractivity contribution in [1.29, 1.82) is 0 Å². The van der Waals surface area contributed by atoms with E-state index in [1.54, 1.807) is 25.3 Å². The van der Waals surface area contributed by atoms with Gasteiger partial charge in [-0.05, 0) is 36.8 Å². The van der Waals surface area contributed by atoms with Gasteiger partial charge in [-0.25, -0.2) is 0 Å². The van der Waals surface area contributed by atoms with Crippen LogP contribution in [0.3, 0.4) is 0 Å². The van der Waals surface area contributed by atoms with Crippen molar-refractivity contribution in [2.45, 2.75) is 13.5 Å². The Morgan fingerprint density at radius 2 is 1.61 bits per heavy atom. The molecular formula is C22H27N3O3. The first-order chi connectivity index (χ1) is 13.5. The fourth-order valence-corrected chi connectivity index (χ4v) is 3.39. The molecule has 1 heterocycles. The second-order valence-corrected chi connectivity index (χ2v) is 7.05. The molecule has 28 heavy (non-hydrogen) atoms. The third-order valence-corrected chi connectivity index (χ3v) is 4.98. The third kappa shape index (κ3) is 5.41. The average molecular weight is 381 g/mol. The molecule has 1 aliphatic rings. The number of rotatable bonds is 7. The molecule has 3 rings (SSSR count). The number of para-hydroxylation sites is 1. The minimum atomic E-state index is -0.0858. The number of benzene rings is 2. The summed E-state index contributed by atoms with van der Waals surface area (Å²) in [4.78, 5) is 28.6. The number of hydrogen-bond donors (Lipinski definition) is 1. The van der Waals surface area contributed by atoms with Crippen molar-refractivity contribution in [3.63, 3.8) is 0 Å². The van der Waals surface area contributed by atoms with Crippen LogP contribution in [0.2, 0.25) is 0 Å². The molecule has 0 spiro atoms. The van der Waals surface area contributed by atoms with Gasteiger partial charge in [-0.3, -0.25) is 19.4 Å². The molecule has 0 bridgehead atoms. The zero-order chi connectivity index (χ0) is 19.9. The summed E-state index contributed by atoms with van der Waals surface area (Å²) in [7, 11) is 1.67. The van der Waals surface area contributed by atoms with Crippen LogP contribution < -0.4 is 10.1 Å². The summed E-state index contributed by atoms with van der Waals surface area (Å²) in [5, 5.41) is 2.87. The van der Waals surface area contributed by atoms with Crippen molar-refractivity contribution in [2.75, 3.05) is 45.2 Å². The first-order valence-corrected chi connectivity index (χ1v) is 9.52. The number of Topliss-reactive ketones (excluding diaryl/α,β-unsaturated/α-hetero) is 1. The van der Waals surface area contributed by atoms with E-state index in [1.165, 1.54) is 12.5 Å². The molecule has 0 saturated carbocycles. The number of nitrogens with one attached hydrogen (secondary N) is 1. The highest BCUT2D eigenvalue weighted by molar-refractivity contribution is 6.04. The molecular weight excluding hydrogens is 354 g/mol. The van der Waals surface area contributed by atoms with Gasteiger partial charge < -0.3 is 10.1 Å². The van der Waals surface area contributed by atoms with Crippen LogP contribution in [0.1, 0.15) is 22.8 Å². The Balaban J connectivity index is 1.46. The van der Waals surface area contributed by atoms with Gasteiger partial charge in [-0.15, -0.1) is 0 Å². The molecule has 148 valence electrons. The first-order valence-electron chi connectivity index (χ1n) is 9.52. The Kier molecular flexibility index (Phi) is 6.79. The molecule has 1 amide bonds. The van der Waals surface area contributed by atoms with Gasteiger partial charge in [0.1, 0.15) is 5.75 Å². The zero-order valence-electron chi connectivity index (χ0n) is 16.5. The van der Waals surface area contributed by atoms with Crippen LogP contribution in [-0.4, -0.2) is 61.3 Å². The molecule has 2 aromatic carbocycles. The predicted octanol–water partition coefficient (Wildman–Crippen LogP) is 2.65. The van der Waals surface area contributed by atoms with Crippen LogP contribution in [0.4, 0.5) is 5.69 Å². The van der Waals surface area contributed by atoms with Crippen molar-refractivity contribution < 1.29 is 14.3 Å². The number of amides is 1. The summed E-state index contributed by atoms with van der Waals surface area (Å²) < 4.78 is 5.20. The number of nitrogens with zero attached hydrogens (tertiary/aromatic N) is 2. The molecule has 6 nitrogen and oxygen atoms in total. The third-order valence-electron chi connectivity index (χ3n) is 4.98. The molecule has 1 N–H and O–H groups in total. The SMILES string of the molecule is COc1ccc(CN2CCN(CC(=O)Nc3ccccc3C(C)=O)CC2)cc1. The van der Waals surface area contributed by atoms with Gasteiger partial charge in [-0.1, -0.05) is 24.3 Å². The Labute approximate surface area is 166 Å². The lowest BCUT2D eigenvalue weighted by atomic mass is 10.1. The largest absolute Gasteiger partial charge is 0.497 e. The van der Waals surface area contributed by atoms with Crippen LogP contribution >= 0.6 is 0 Å². The average Bonchev–Trinajstić information content (AvgIpc) is 2.70. The number of ether oxygens (including phenoxy) is 1. The van der Waals surface area contributed by atoms with E-state index < -0.39 is 0 Å². The smallest absolute Gasteiger partial charge is 0.238 e. The molecule has 0 atom stereocenters. The quantitative estimate of drug-likeness (QED) is 0.747. The monoisotopic (exact) mass is 381 g/mol. The Hall–Kier alpha value is -2.70. The number of carbonyl (C=O) groups excluding carboxylic acids is 2. The normalized spacial score (nSPS) is 15.2. The van der Waals surface area contributed by atoms with Gasteiger partial charge in [0, 0.05) is 38.3 Å². The second kappa shape index (κ2) is 9.48. The van der Waals surface area contributed by atoms with E-state index in [2.05, 4.69) is 27.2 Å². The van der Waals surface area contributed by atoms with Crippen LogP contribution in [0, 0.1) is 0 Å². The number of hydrogen-bond acceptors (Lipinski definition) is 5. The number of ketones is 1. The maximum absolute atomic E-state index is 12.4. The Morgan fingerprint density at radius 3 is 2.25 bits per heavy atom. The maximum atomic E-state index is 12.4. The molecule has 2 aromatic rings. The van der Waals surface area contributed by atoms with Gasteiger partial charge in [0.05, 0.1) is 19.3 Å². The van der Waals surface area contributed by atoms with E-state index in [9.17, 15) is 9.59 Å². The standard InChI is InChI=1S/C22H27N3O3/c1-17(26)20-5-3-4-6-21(20)23-22(27)16-25-13-11-24(12-14-25)15-18-7-9-19(28-2)10-8-18/h3-10H,11-16H2,1-2H3,(H,23,27). The number of piperazine rings is 1. The van der Waals surface area contributed by atoms with Crippen molar-refractivity contribution in [1.82, 2.24) is 9.80 Å². The summed E-state index contributed by atoms with van der Waals surface area (Å²) >= 11 is 0. The van der Waals surface area contributed by atoms with Gasteiger partial charge in [0.2, 0.25) is 5.91 Å². The van der Waals surface area contributed by atoms with Crippen LogP contribution in [0.25, 0.3) is 0 Å². The molecule has 1 saturated heterocycles. The molecule has 1 fully saturated rings. The topological polar surface area (TPSA) is 61.9 Å². The van der Waals surface area contributed by atoms with E-state index in [4.69, 9.17) is 4.74 Å². The molecule has 0 aromatic heterocycles. The minimum Gasteiger partial charge on any atom is -0.497 e. The lowest BCUT2D eigenvalue weighted by Gasteiger charge is -2.34. The maximum Gasteiger partial charge on any atom is 0.238 e. The van der Waals surface area contributed by atoms with E-state index in [0.29, 0.717) is 17.8 Å². The van der Waals surface area contributed by atoms with Crippen LogP contribution in [-0.2, 0) is 11.3 Å². The highest BCUT2D eigenvalue weighted by Crippen LogP contribution is 2.16. The zero-order valence-corrected chi connectivity index (χ0v) is 16.5. The Bertz CT molecular complexity index is 812. The summed E-state index contributed by atoms with van der Waals surface area (Å²) in [6.07, 6.45) is 0. The molecule has 0 radical (unpaired) electrons. The second-order valence-electron chi connectivity index (χ2n) is 7.05. The predicted molar refractivity (Wildman–Crippen MR) is 110 cm³/mol. The van der Waals surface area contributed by atoms with E-state index in [1.807, 2.05) is 18.2 Å². The Morgan fingerprint density at radius 1 is 0.964 bits per heavy atom. The van der Waals surface area contributed by atoms with Gasteiger partial charge in [0.25, 0.3) is 0 Å². The lowest BCUT2D eigenvalue weighted by Crippen LogP contribution is -2.48. The summed E-state index contributed by atoms with van der Waals surface area (Å²) in [5.41, 5.74) is 2.38. The van der Waals surface area contributed by atoms with Gasteiger partial charge in [0.15, 0.2) is 5.78 Å². The van der Waals surface area contributed by atoms with Crippen molar-refractivity contribution in [3.8, 4) is 5.75 Å². The van der Waals surface area contributed by atoms with E-state index in [-0.39, 0.29) is 11.7 Å². The fraction of sp³-hybridized carbons (Fsp3) is 0.364. The number of methoxy groups -OCH3 is 1. The summed E-state index contributed by atoms with van der Waals surface area (Å²) in [6, 6.07) is 15.3. The van der Waals surface area contributed by atoms with E-state index in [0.717, 1.165) is 38.5 Å². The summed E-state index contributed by atoms with van der Waals surface area (Å²) in [6.45, 7) is 6.27. The van der Waals surface area contributed by atoms with Gasteiger partial charge in [-0.2, -0.15) is 0 Å². The number of anilines is 1. The molecule has 1 aliphatic heterocycles. The molecule has 6 heteroatoms. The fourth-order valence-electron chi connectivity index (χ4n) is 3.39. The first kappa shape index (κ1) is 20.0. The van der Waals surface area contributed by atoms with Crippen LogP contribution in [0.15, 0.2) is 48.5 Å². The highest BCUT2D eigenvalue weighted by atomic mass is 16.5.